The van der Waals surface area contributed by atoms with Gasteiger partial charge in [-0.15, -0.1) is 0 Å². The molecule has 3 N–H and O–H groups in total. The first kappa shape index (κ1) is 7.54. The number of rotatable bonds is 0. The minimum atomic E-state index is 0.453. The van der Waals surface area contributed by atoms with Gasteiger partial charge in [0.25, 0.3) is 0 Å². The molecule has 6 nitrogen and oxygen atoms in total. The van der Waals surface area contributed by atoms with E-state index in [-0.39, 0.29) is 0 Å². The average molecular weight is 190 g/mol. The Morgan fingerprint density at radius 1 is 1.50 bits per heavy atom. The van der Waals surface area contributed by atoms with Crippen molar-refractivity contribution in [1.29, 1.82) is 5.41 Å². The zero-order chi connectivity index (χ0) is 9.54. The predicted octanol–water partition coefficient (Wildman–Crippen LogP) is 0.0545. The van der Waals surface area contributed by atoms with E-state index in [0.717, 1.165) is 25.5 Å². The zero-order valence-electron chi connectivity index (χ0n) is 7.54. The molecule has 2 aromatic heterocycles. The van der Waals surface area contributed by atoms with Crippen molar-refractivity contribution in [3.05, 3.63) is 11.8 Å². The topological polar surface area (TPSA) is 82.4 Å². The van der Waals surface area contributed by atoms with E-state index in [1.54, 1.807) is 6.33 Å². The highest BCUT2D eigenvalue weighted by Crippen LogP contribution is 2.10. The van der Waals surface area contributed by atoms with Gasteiger partial charge in [0.15, 0.2) is 11.1 Å². The van der Waals surface area contributed by atoms with Crippen LogP contribution < -0.4 is 10.8 Å². The number of anilines is 1. The molecule has 0 saturated heterocycles. The SMILES string of the molecule is N=c1c2[nH]cnc2nc2n1CCCN2. The number of nitrogens with zero attached hydrogens (tertiary/aromatic N) is 3. The van der Waals surface area contributed by atoms with E-state index in [4.69, 9.17) is 5.41 Å². The summed E-state index contributed by atoms with van der Waals surface area (Å²) in [6.07, 6.45) is 2.60. The van der Waals surface area contributed by atoms with Gasteiger partial charge in [-0.05, 0) is 6.42 Å². The van der Waals surface area contributed by atoms with Crippen molar-refractivity contribution in [2.75, 3.05) is 11.9 Å². The van der Waals surface area contributed by atoms with Crippen LogP contribution >= 0.6 is 0 Å². The van der Waals surface area contributed by atoms with Crippen LogP contribution in [0.2, 0.25) is 0 Å². The van der Waals surface area contributed by atoms with Gasteiger partial charge in [0.1, 0.15) is 5.52 Å². The number of hydrogen-bond acceptors (Lipinski definition) is 4. The highest BCUT2D eigenvalue weighted by atomic mass is 15.2. The molecule has 14 heavy (non-hydrogen) atoms. The van der Waals surface area contributed by atoms with Crippen LogP contribution in [-0.4, -0.2) is 26.1 Å². The summed E-state index contributed by atoms with van der Waals surface area (Å²) in [5.41, 5.74) is 1.77. The summed E-state index contributed by atoms with van der Waals surface area (Å²) >= 11 is 0. The molecule has 0 amide bonds. The average Bonchev–Trinajstić information content (AvgIpc) is 2.66. The largest absolute Gasteiger partial charge is 0.355 e. The van der Waals surface area contributed by atoms with Crippen molar-refractivity contribution in [1.82, 2.24) is 19.5 Å². The van der Waals surface area contributed by atoms with Crippen LogP contribution in [-0.2, 0) is 6.54 Å². The van der Waals surface area contributed by atoms with E-state index < -0.39 is 0 Å². The Bertz CT molecular complexity index is 536. The molecule has 0 radical (unpaired) electrons. The van der Waals surface area contributed by atoms with E-state index in [2.05, 4.69) is 20.3 Å². The number of H-pyrrole nitrogens is 1. The molecule has 0 unspecified atom stereocenters. The summed E-state index contributed by atoms with van der Waals surface area (Å²) in [6, 6.07) is 0. The molecule has 1 aliphatic heterocycles. The van der Waals surface area contributed by atoms with Crippen molar-refractivity contribution in [3.8, 4) is 0 Å². The van der Waals surface area contributed by atoms with Crippen molar-refractivity contribution < 1.29 is 0 Å². The van der Waals surface area contributed by atoms with E-state index in [1.165, 1.54) is 0 Å². The molecule has 3 rings (SSSR count). The van der Waals surface area contributed by atoms with Crippen molar-refractivity contribution in [3.63, 3.8) is 0 Å². The van der Waals surface area contributed by atoms with Crippen LogP contribution in [0.15, 0.2) is 6.33 Å². The first-order valence-electron chi connectivity index (χ1n) is 4.58. The third-order valence-electron chi connectivity index (χ3n) is 2.44. The van der Waals surface area contributed by atoms with Crippen LogP contribution in [0.1, 0.15) is 6.42 Å². The quantitative estimate of drug-likeness (QED) is 0.549. The maximum atomic E-state index is 7.95. The van der Waals surface area contributed by atoms with Crippen LogP contribution in [0, 0.1) is 5.41 Å². The molecule has 6 heteroatoms. The first-order chi connectivity index (χ1) is 6.86. The highest BCUT2D eigenvalue weighted by Gasteiger charge is 2.12. The standard InChI is InChI=1S/C8H10N6/c9-6-5-7(12-4-11-5)13-8-10-2-1-3-14(6)8/h4,9H,1-3H2,(H,10,13)(H,11,12). The lowest BCUT2D eigenvalue weighted by Gasteiger charge is -2.19. The van der Waals surface area contributed by atoms with Gasteiger partial charge in [0, 0.05) is 13.1 Å². The summed E-state index contributed by atoms with van der Waals surface area (Å²) in [5, 5.41) is 11.1. The fourth-order valence-electron chi connectivity index (χ4n) is 1.74. The Kier molecular flexibility index (Phi) is 1.38. The number of nitrogens with one attached hydrogen (secondary N) is 3. The normalized spacial score (nSPS) is 15.1. The molecule has 2 aromatic rings. The number of fused-ring (bicyclic) bond motifs is 2. The lowest BCUT2D eigenvalue weighted by atomic mass is 10.3. The number of aromatic amines is 1. The fourth-order valence-corrected chi connectivity index (χ4v) is 1.74. The van der Waals surface area contributed by atoms with Crippen LogP contribution in [0.4, 0.5) is 5.95 Å². The lowest BCUT2D eigenvalue weighted by Crippen LogP contribution is -2.30. The summed E-state index contributed by atoms with van der Waals surface area (Å²) in [6.45, 7) is 1.77. The zero-order valence-corrected chi connectivity index (χ0v) is 7.54. The molecule has 72 valence electrons. The Hall–Kier alpha value is -1.85. The van der Waals surface area contributed by atoms with Gasteiger partial charge in [0.2, 0.25) is 5.95 Å². The summed E-state index contributed by atoms with van der Waals surface area (Å²) in [4.78, 5) is 11.3. The van der Waals surface area contributed by atoms with Crippen LogP contribution in [0.25, 0.3) is 11.2 Å². The molecule has 0 atom stereocenters. The Labute approximate surface area is 79.5 Å². The smallest absolute Gasteiger partial charge is 0.206 e. The third-order valence-corrected chi connectivity index (χ3v) is 2.44. The molecule has 0 spiro atoms. The van der Waals surface area contributed by atoms with Crippen molar-refractivity contribution in [2.24, 2.45) is 0 Å². The van der Waals surface area contributed by atoms with Crippen LogP contribution in [0.3, 0.4) is 0 Å². The summed E-state index contributed by atoms with van der Waals surface area (Å²) in [5.74, 6) is 0.751. The lowest BCUT2D eigenvalue weighted by molar-refractivity contribution is 0.589. The molecule has 0 saturated carbocycles. The summed E-state index contributed by atoms with van der Waals surface area (Å²) in [7, 11) is 0. The van der Waals surface area contributed by atoms with Gasteiger partial charge >= 0.3 is 0 Å². The number of imidazole rings is 1. The number of aromatic nitrogens is 4. The van der Waals surface area contributed by atoms with E-state index in [0.29, 0.717) is 16.7 Å². The van der Waals surface area contributed by atoms with E-state index in [9.17, 15) is 0 Å². The predicted molar refractivity (Wildman–Crippen MR) is 50.8 cm³/mol. The molecular weight excluding hydrogens is 180 g/mol. The van der Waals surface area contributed by atoms with Crippen molar-refractivity contribution >= 4 is 17.1 Å². The fraction of sp³-hybridized carbons (Fsp3) is 0.375. The van der Waals surface area contributed by atoms with Gasteiger partial charge in [-0.2, -0.15) is 4.98 Å². The van der Waals surface area contributed by atoms with Gasteiger partial charge in [-0.3, -0.25) is 9.98 Å². The number of hydrogen-bond donors (Lipinski definition) is 3. The van der Waals surface area contributed by atoms with Gasteiger partial charge in [0.05, 0.1) is 6.33 Å². The highest BCUT2D eigenvalue weighted by molar-refractivity contribution is 5.69. The second-order valence-electron chi connectivity index (χ2n) is 3.32. The maximum Gasteiger partial charge on any atom is 0.206 e. The van der Waals surface area contributed by atoms with Crippen molar-refractivity contribution in [2.45, 2.75) is 13.0 Å². The maximum absolute atomic E-state index is 7.95. The first-order valence-corrected chi connectivity index (χ1v) is 4.58. The van der Waals surface area contributed by atoms with Crippen LogP contribution in [0.5, 0.6) is 0 Å². The third kappa shape index (κ3) is 0.876. The van der Waals surface area contributed by atoms with E-state index >= 15 is 0 Å². The van der Waals surface area contributed by atoms with Gasteiger partial charge < -0.3 is 10.3 Å². The minimum Gasteiger partial charge on any atom is -0.355 e. The molecular formula is C8H10N6. The Morgan fingerprint density at radius 2 is 2.43 bits per heavy atom. The monoisotopic (exact) mass is 190 g/mol. The molecule has 1 aliphatic rings. The second-order valence-corrected chi connectivity index (χ2v) is 3.32. The second kappa shape index (κ2) is 2.57. The Balaban J connectivity index is 2.42. The minimum absolute atomic E-state index is 0.453. The molecule has 3 heterocycles. The molecule has 0 aromatic carbocycles. The molecule has 0 bridgehead atoms. The Morgan fingerprint density at radius 3 is 3.36 bits per heavy atom. The summed E-state index contributed by atoms with van der Waals surface area (Å²) < 4.78 is 1.87. The van der Waals surface area contributed by atoms with Gasteiger partial charge in [-0.1, -0.05) is 0 Å². The molecule has 0 aliphatic carbocycles. The van der Waals surface area contributed by atoms with E-state index in [1.807, 2.05) is 4.57 Å². The molecule has 0 fully saturated rings. The van der Waals surface area contributed by atoms with Gasteiger partial charge in [-0.25, -0.2) is 4.98 Å².